The molecule has 4 heteroatoms. The summed E-state index contributed by atoms with van der Waals surface area (Å²) in [7, 11) is 3.46. The topological polar surface area (TPSA) is 33.3 Å². The number of benzene rings is 1. The van der Waals surface area contributed by atoms with E-state index in [0.717, 1.165) is 11.3 Å². The summed E-state index contributed by atoms with van der Waals surface area (Å²) in [5.41, 5.74) is 1.15. The third-order valence-electron chi connectivity index (χ3n) is 2.17. The average Bonchev–Trinajstić information content (AvgIpc) is 2.28. The minimum Gasteiger partial charge on any atom is -0.497 e. The molecule has 0 amide bonds. The van der Waals surface area contributed by atoms with Gasteiger partial charge in [0.15, 0.2) is 5.11 Å². The SMILES string of the molecule is CNC(=S)NC(C)c1cccc(OC)c1. The van der Waals surface area contributed by atoms with Crippen molar-refractivity contribution >= 4 is 17.3 Å². The van der Waals surface area contributed by atoms with Crippen molar-refractivity contribution < 1.29 is 4.74 Å². The summed E-state index contributed by atoms with van der Waals surface area (Å²) >= 11 is 5.04. The van der Waals surface area contributed by atoms with E-state index in [4.69, 9.17) is 17.0 Å². The fourth-order valence-electron chi connectivity index (χ4n) is 1.26. The van der Waals surface area contributed by atoms with E-state index >= 15 is 0 Å². The first-order valence-electron chi connectivity index (χ1n) is 4.79. The highest BCUT2D eigenvalue weighted by atomic mass is 32.1. The molecule has 0 radical (unpaired) electrons. The van der Waals surface area contributed by atoms with E-state index in [2.05, 4.69) is 17.6 Å². The molecular formula is C11H16N2OS. The van der Waals surface area contributed by atoms with Gasteiger partial charge in [0, 0.05) is 7.05 Å². The molecule has 0 fully saturated rings. The maximum Gasteiger partial charge on any atom is 0.166 e. The number of hydrogen-bond donors (Lipinski definition) is 2. The van der Waals surface area contributed by atoms with Crippen molar-refractivity contribution in [3.63, 3.8) is 0 Å². The van der Waals surface area contributed by atoms with Crippen LogP contribution in [-0.4, -0.2) is 19.3 Å². The van der Waals surface area contributed by atoms with Gasteiger partial charge in [-0.25, -0.2) is 0 Å². The summed E-state index contributed by atoms with van der Waals surface area (Å²) in [6, 6.07) is 8.09. The van der Waals surface area contributed by atoms with E-state index in [1.165, 1.54) is 0 Å². The average molecular weight is 224 g/mol. The van der Waals surface area contributed by atoms with Gasteiger partial charge >= 0.3 is 0 Å². The third-order valence-corrected chi connectivity index (χ3v) is 2.49. The van der Waals surface area contributed by atoms with E-state index in [1.807, 2.05) is 24.3 Å². The number of nitrogens with one attached hydrogen (secondary N) is 2. The van der Waals surface area contributed by atoms with E-state index in [9.17, 15) is 0 Å². The molecule has 0 aliphatic rings. The molecule has 82 valence electrons. The van der Waals surface area contributed by atoms with Crippen molar-refractivity contribution in [3.8, 4) is 5.75 Å². The summed E-state index contributed by atoms with van der Waals surface area (Å²) in [4.78, 5) is 0. The number of ether oxygens (including phenoxy) is 1. The molecule has 3 nitrogen and oxygen atoms in total. The number of methoxy groups -OCH3 is 1. The van der Waals surface area contributed by atoms with Crippen molar-refractivity contribution in [2.45, 2.75) is 13.0 Å². The maximum atomic E-state index is 5.16. The summed E-state index contributed by atoms with van der Waals surface area (Å²) in [6.45, 7) is 2.05. The molecule has 0 saturated heterocycles. The molecule has 1 atom stereocenters. The maximum absolute atomic E-state index is 5.16. The van der Waals surface area contributed by atoms with Crippen molar-refractivity contribution in [3.05, 3.63) is 29.8 Å². The second kappa shape index (κ2) is 5.56. The van der Waals surface area contributed by atoms with Crippen LogP contribution in [0.25, 0.3) is 0 Å². The van der Waals surface area contributed by atoms with Gasteiger partial charge in [-0.15, -0.1) is 0 Å². The van der Waals surface area contributed by atoms with Crippen molar-refractivity contribution in [2.24, 2.45) is 0 Å². The Morgan fingerprint density at radius 2 is 2.20 bits per heavy atom. The van der Waals surface area contributed by atoms with Crippen LogP contribution in [0.4, 0.5) is 0 Å². The second-order valence-corrected chi connectivity index (χ2v) is 3.63. The number of thiocarbonyl (C=S) groups is 1. The van der Waals surface area contributed by atoms with Crippen LogP contribution < -0.4 is 15.4 Å². The van der Waals surface area contributed by atoms with Crippen LogP contribution in [0.3, 0.4) is 0 Å². The Morgan fingerprint density at radius 3 is 2.80 bits per heavy atom. The Balaban J connectivity index is 2.72. The molecule has 0 heterocycles. The van der Waals surface area contributed by atoms with Crippen LogP contribution in [-0.2, 0) is 0 Å². The lowest BCUT2D eigenvalue weighted by molar-refractivity contribution is 0.413. The van der Waals surface area contributed by atoms with Crippen LogP contribution in [0.5, 0.6) is 5.75 Å². The molecule has 0 aromatic heterocycles. The lowest BCUT2D eigenvalue weighted by Gasteiger charge is -2.16. The molecule has 1 aromatic rings. The predicted molar refractivity (Wildman–Crippen MR) is 66.2 cm³/mol. The summed E-state index contributed by atoms with van der Waals surface area (Å²) < 4.78 is 5.16. The lowest BCUT2D eigenvalue weighted by Crippen LogP contribution is -2.34. The monoisotopic (exact) mass is 224 g/mol. The first-order chi connectivity index (χ1) is 7.17. The van der Waals surface area contributed by atoms with Gasteiger partial charge in [-0.1, -0.05) is 12.1 Å². The van der Waals surface area contributed by atoms with Gasteiger partial charge in [0.1, 0.15) is 5.75 Å². The van der Waals surface area contributed by atoms with Gasteiger partial charge in [0.05, 0.1) is 13.2 Å². The zero-order chi connectivity index (χ0) is 11.3. The molecular weight excluding hydrogens is 208 g/mol. The molecule has 0 bridgehead atoms. The largest absolute Gasteiger partial charge is 0.497 e. The fraction of sp³-hybridized carbons (Fsp3) is 0.364. The molecule has 0 spiro atoms. The van der Waals surface area contributed by atoms with Crippen LogP contribution in [0, 0.1) is 0 Å². The second-order valence-electron chi connectivity index (χ2n) is 3.22. The Hall–Kier alpha value is -1.29. The highest BCUT2D eigenvalue weighted by molar-refractivity contribution is 7.80. The highest BCUT2D eigenvalue weighted by Gasteiger charge is 2.06. The number of hydrogen-bond acceptors (Lipinski definition) is 2. The molecule has 0 aliphatic heterocycles. The van der Waals surface area contributed by atoms with Gasteiger partial charge in [-0.05, 0) is 36.8 Å². The van der Waals surface area contributed by atoms with Crippen molar-refractivity contribution in [1.29, 1.82) is 0 Å². The van der Waals surface area contributed by atoms with Gasteiger partial charge in [-0.3, -0.25) is 0 Å². The van der Waals surface area contributed by atoms with Gasteiger partial charge in [-0.2, -0.15) is 0 Å². The Kier molecular flexibility index (Phi) is 4.37. The molecule has 15 heavy (non-hydrogen) atoms. The molecule has 1 rings (SSSR count). The smallest absolute Gasteiger partial charge is 0.166 e. The van der Waals surface area contributed by atoms with Gasteiger partial charge in [0.25, 0.3) is 0 Å². The first kappa shape index (κ1) is 11.8. The van der Waals surface area contributed by atoms with E-state index in [-0.39, 0.29) is 6.04 Å². The fourth-order valence-corrected chi connectivity index (χ4v) is 1.44. The van der Waals surface area contributed by atoms with E-state index in [1.54, 1.807) is 14.2 Å². The van der Waals surface area contributed by atoms with Crippen molar-refractivity contribution in [2.75, 3.05) is 14.2 Å². The predicted octanol–water partition coefficient (Wildman–Crippen LogP) is 1.85. The molecule has 1 unspecified atom stereocenters. The number of rotatable bonds is 3. The van der Waals surface area contributed by atoms with Gasteiger partial charge < -0.3 is 15.4 Å². The highest BCUT2D eigenvalue weighted by Crippen LogP contribution is 2.18. The minimum atomic E-state index is 0.167. The minimum absolute atomic E-state index is 0.167. The zero-order valence-electron chi connectivity index (χ0n) is 9.20. The Bertz CT molecular complexity index is 341. The summed E-state index contributed by atoms with van der Waals surface area (Å²) in [6.07, 6.45) is 0. The van der Waals surface area contributed by atoms with Gasteiger partial charge in [0.2, 0.25) is 0 Å². The lowest BCUT2D eigenvalue weighted by atomic mass is 10.1. The normalized spacial score (nSPS) is 11.7. The first-order valence-corrected chi connectivity index (χ1v) is 5.20. The third kappa shape index (κ3) is 3.40. The van der Waals surface area contributed by atoms with Crippen molar-refractivity contribution in [1.82, 2.24) is 10.6 Å². The van der Waals surface area contributed by atoms with E-state index < -0.39 is 0 Å². The molecule has 0 aliphatic carbocycles. The molecule has 0 saturated carbocycles. The Labute approximate surface area is 95.8 Å². The van der Waals surface area contributed by atoms with Crippen LogP contribution >= 0.6 is 12.2 Å². The molecule has 1 aromatic carbocycles. The summed E-state index contributed by atoms with van der Waals surface area (Å²) in [5, 5.41) is 6.69. The zero-order valence-corrected chi connectivity index (χ0v) is 10.0. The van der Waals surface area contributed by atoms with Crippen LogP contribution in [0.15, 0.2) is 24.3 Å². The standard InChI is InChI=1S/C11H16N2OS/c1-8(13-11(15)12-2)9-5-4-6-10(7-9)14-3/h4-8H,1-3H3,(H2,12,13,15). The Morgan fingerprint density at radius 1 is 1.47 bits per heavy atom. The van der Waals surface area contributed by atoms with E-state index in [0.29, 0.717) is 5.11 Å². The van der Waals surface area contributed by atoms with Crippen LogP contribution in [0.1, 0.15) is 18.5 Å². The van der Waals surface area contributed by atoms with Crippen LogP contribution in [0.2, 0.25) is 0 Å². The molecule has 2 N–H and O–H groups in total. The quantitative estimate of drug-likeness (QED) is 0.768. The summed E-state index contributed by atoms with van der Waals surface area (Å²) in [5.74, 6) is 0.858.